The van der Waals surface area contributed by atoms with Crippen LogP contribution in [0.2, 0.25) is 0 Å². The lowest BCUT2D eigenvalue weighted by Gasteiger charge is -2.31. The molecular formula is C23H25F3N4O3. The molecule has 2 aliphatic heterocycles. The van der Waals surface area contributed by atoms with Crippen LogP contribution in [0.1, 0.15) is 34.2 Å². The molecule has 33 heavy (non-hydrogen) atoms. The summed E-state index contributed by atoms with van der Waals surface area (Å²) in [4.78, 5) is 32.8. The number of amides is 2. The quantitative estimate of drug-likeness (QED) is 0.748. The molecule has 0 saturated carbocycles. The molecule has 0 aliphatic carbocycles. The second-order valence-electron chi connectivity index (χ2n) is 7.62. The number of carbonyl (C=O) groups is 2. The van der Waals surface area contributed by atoms with Crippen LogP contribution in [0.4, 0.5) is 24.7 Å². The lowest BCUT2D eigenvalue weighted by atomic mass is 9.95. The van der Waals surface area contributed by atoms with E-state index in [0.717, 1.165) is 12.1 Å². The molecule has 2 amide bonds. The highest BCUT2D eigenvalue weighted by molar-refractivity contribution is 5.95. The van der Waals surface area contributed by atoms with E-state index < -0.39 is 42.3 Å². The Labute approximate surface area is 195 Å². The summed E-state index contributed by atoms with van der Waals surface area (Å²) in [6.07, 6.45) is -6.16. The topological polar surface area (TPSA) is 74.8 Å². The molecule has 1 aromatic heterocycles. The highest BCUT2D eigenvalue weighted by atomic mass is 19.4. The number of aromatic nitrogens is 1. The Hall–Kier alpha value is -3.14. The molecule has 176 valence electrons. The fourth-order valence-electron chi connectivity index (χ4n) is 3.52. The molecule has 0 spiro atoms. The van der Waals surface area contributed by atoms with Crippen LogP contribution < -0.4 is 10.2 Å². The van der Waals surface area contributed by atoms with Crippen molar-refractivity contribution in [3.8, 4) is 0 Å². The average molecular weight is 466 g/mol. The van der Waals surface area contributed by atoms with Crippen LogP contribution in [0.5, 0.6) is 0 Å². The molecule has 1 unspecified atom stereocenters. The molecule has 1 N–H and O–H groups in total. The fraction of sp³-hybridized carbons (Fsp3) is 0.435. The number of alkyl halides is 3. The molecule has 2 aromatic rings. The second-order valence-corrected chi connectivity index (χ2v) is 7.62. The third-order valence-electron chi connectivity index (χ3n) is 5.39. The Morgan fingerprint density at radius 1 is 1.09 bits per heavy atom. The first-order valence-electron chi connectivity index (χ1n) is 12.4. The first-order chi connectivity index (χ1) is 17.3. The molecule has 1 aromatic carbocycles. The van der Waals surface area contributed by atoms with E-state index in [-0.39, 0.29) is 18.5 Å². The summed E-state index contributed by atoms with van der Waals surface area (Å²) in [5.74, 6) is -2.47. The summed E-state index contributed by atoms with van der Waals surface area (Å²) in [6, 6.07) is 6.57. The maximum atomic E-state index is 13.0. The number of halogens is 3. The molecule has 0 radical (unpaired) electrons. The summed E-state index contributed by atoms with van der Waals surface area (Å²) in [6.45, 7) is -0.700. The van der Waals surface area contributed by atoms with Gasteiger partial charge in [-0.15, -0.1) is 0 Å². The molecule has 3 heterocycles. The van der Waals surface area contributed by atoms with Gasteiger partial charge in [0.05, 0.1) is 30.7 Å². The predicted octanol–water partition coefficient (Wildman–Crippen LogP) is 3.43. The number of carbonyl (C=O) groups excluding carboxylic acids is 2. The van der Waals surface area contributed by atoms with Gasteiger partial charge in [0.2, 0.25) is 5.91 Å². The molecule has 2 saturated heterocycles. The molecule has 2 fully saturated rings. The number of hydrogen-bond acceptors (Lipinski definition) is 5. The highest BCUT2D eigenvalue weighted by Gasteiger charge is 2.31. The van der Waals surface area contributed by atoms with E-state index in [1.54, 1.807) is 12.1 Å². The largest absolute Gasteiger partial charge is 0.416 e. The standard InChI is InChI=1S/C23H25F3N4O3/c24-23(25,26)18-3-1-17(2-4-18)22(32)30-9-7-16(8-10-30)21(31)28-19-5-6-20(27-15-19)29-11-13-33-14-12-29/h1-6,15-16H,7-14H2,(H,28,31)/i7D2,9D2. The van der Waals surface area contributed by atoms with Crippen LogP contribution in [0.3, 0.4) is 0 Å². The minimum absolute atomic E-state index is 0.190. The van der Waals surface area contributed by atoms with E-state index in [0.29, 0.717) is 54.8 Å². The normalized spacial score (nSPS) is 24.2. The Bertz CT molecular complexity index is 1140. The molecule has 0 bridgehead atoms. The van der Waals surface area contributed by atoms with Gasteiger partial charge in [-0.1, -0.05) is 0 Å². The van der Waals surface area contributed by atoms with Crippen molar-refractivity contribution in [3.05, 3.63) is 53.7 Å². The lowest BCUT2D eigenvalue weighted by molar-refractivity contribution is -0.137. The van der Waals surface area contributed by atoms with Crippen LogP contribution in [-0.4, -0.2) is 61.0 Å². The minimum Gasteiger partial charge on any atom is -0.378 e. The Balaban J connectivity index is 1.45. The highest BCUT2D eigenvalue weighted by Crippen LogP contribution is 2.29. The molecule has 2 aliphatic rings. The van der Waals surface area contributed by atoms with E-state index in [2.05, 4.69) is 10.3 Å². The summed E-state index contributed by atoms with van der Waals surface area (Å²) < 4.78 is 77.3. The summed E-state index contributed by atoms with van der Waals surface area (Å²) in [7, 11) is 0. The number of nitrogens with zero attached hydrogens (tertiary/aromatic N) is 3. The smallest absolute Gasteiger partial charge is 0.378 e. The average Bonchev–Trinajstić information content (AvgIpc) is 2.85. The maximum Gasteiger partial charge on any atom is 0.416 e. The summed E-state index contributed by atoms with van der Waals surface area (Å²) >= 11 is 0. The van der Waals surface area contributed by atoms with Gasteiger partial charge in [0.1, 0.15) is 5.82 Å². The van der Waals surface area contributed by atoms with Crippen molar-refractivity contribution in [2.75, 3.05) is 49.6 Å². The van der Waals surface area contributed by atoms with Gasteiger partial charge in [-0.05, 0) is 49.2 Å². The molecule has 4 rings (SSSR count). The Kier molecular flexibility index (Phi) is 5.42. The number of rotatable bonds is 4. The van der Waals surface area contributed by atoms with Crippen LogP contribution in [0, 0.1) is 5.92 Å². The van der Waals surface area contributed by atoms with E-state index in [9.17, 15) is 22.8 Å². The minimum atomic E-state index is -4.60. The number of anilines is 2. The van der Waals surface area contributed by atoms with Gasteiger partial charge in [0.15, 0.2) is 0 Å². The molecule has 1 atom stereocenters. The summed E-state index contributed by atoms with van der Waals surface area (Å²) in [5.41, 5.74) is -0.881. The number of piperidine rings is 1. The van der Waals surface area contributed by atoms with Gasteiger partial charge >= 0.3 is 6.18 Å². The van der Waals surface area contributed by atoms with E-state index >= 15 is 0 Å². The van der Waals surface area contributed by atoms with Crippen LogP contribution >= 0.6 is 0 Å². The monoisotopic (exact) mass is 466 g/mol. The second kappa shape index (κ2) is 9.78. The van der Waals surface area contributed by atoms with Gasteiger partial charge in [0.25, 0.3) is 5.91 Å². The first kappa shape index (κ1) is 18.3. The first-order valence-corrected chi connectivity index (χ1v) is 10.4. The predicted molar refractivity (Wildman–Crippen MR) is 116 cm³/mol. The fourth-order valence-corrected chi connectivity index (χ4v) is 3.52. The summed E-state index contributed by atoms with van der Waals surface area (Å²) in [5, 5.41) is 2.57. The van der Waals surface area contributed by atoms with Crippen molar-refractivity contribution in [1.82, 2.24) is 9.88 Å². The van der Waals surface area contributed by atoms with Crippen molar-refractivity contribution in [1.29, 1.82) is 0 Å². The number of benzene rings is 1. The van der Waals surface area contributed by atoms with Gasteiger partial charge in [0, 0.05) is 43.1 Å². The van der Waals surface area contributed by atoms with Crippen molar-refractivity contribution in [2.45, 2.75) is 19.0 Å². The Morgan fingerprint density at radius 2 is 1.82 bits per heavy atom. The van der Waals surface area contributed by atoms with Crippen molar-refractivity contribution >= 4 is 23.3 Å². The van der Waals surface area contributed by atoms with Gasteiger partial charge in [-0.2, -0.15) is 13.2 Å². The van der Waals surface area contributed by atoms with Crippen molar-refractivity contribution in [3.63, 3.8) is 0 Å². The number of ether oxygens (including phenoxy) is 1. The number of likely N-dealkylation sites (tertiary alicyclic amines) is 1. The van der Waals surface area contributed by atoms with E-state index in [1.165, 1.54) is 6.20 Å². The SMILES string of the molecule is [2H]C1([2H])C(C(=O)Nc2ccc(N3CCOCC3)nc2)CCN(C(=O)c2ccc(C(F)(F)F)cc2)C1([2H])[2H]. The number of pyridine rings is 1. The molecule has 7 nitrogen and oxygen atoms in total. The molecular weight excluding hydrogens is 437 g/mol. The van der Waals surface area contributed by atoms with Crippen LogP contribution in [0.25, 0.3) is 0 Å². The van der Waals surface area contributed by atoms with Crippen molar-refractivity contribution in [2.24, 2.45) is 5.92 Å². The molecule has 10 heteroatoms. The van der Waals surface area contributed by atoms with Gasteiger partial charge in [-0.25, -0.2) is 4.98 Å². The maximum absolute atomic E-state index is 13.0. The van der Waals surface area contributed by atoms with E-state index in [4.69, 9.17) is 10.2 Å². The van der Waals surface area contributed by atoms with Crippen LogP contribution in [-0.2, 0) is 15.7 Å². The Morgan fingerprint density at radius 3 is 2.45 bits per heavy atom. The zero-order valence-corrected chi connectivity index (χ0v) is 17.6. The third kappa shape index (κ3) is 5.62. The van der Waals surface area contributed by atoms with Gasteiger partial charge in [-0.3, -0.25) is 9.59 Å². The zero-order valence-electron chi connectivity index (χ0n) is 21.6. The number of hydrogen-bond donors (Lipinski definition) is 1. The van der Waals surface area contributed by atoms with Gasteiger partial charge < -0.3 is 19.9 Å². The third-order valence-corrected chi connectivity index (χ3v) is 5.39. The lowest BCUT2D eigenvalue weighted by Crippen LogP contribution is -2.41. The van der Waals surface area contributed by atoms with Crippen LogP contribution in [0.15, 0.2) is 42.6 Å². The number of morpholine rings is 1. The number of nitrogens with one attached hydrogen (secondary N) is 1. The zero-order chi connectivity index (χ0) is 27.0. The van der Waals surface area contributed by atoms with E-state index in [1.807, 2.05) is 4.90 Å². The van der Waals surface area contributed by atoms with Crippen molar-refractivity contribution < 1.29 is 33.0 Å².